The molecule has 0 amide bonds. The molecule has 0 radical (unpaired) electrons. The van der Waals surface area contributed by atoms with Gasteiger partial charge in [0.25, 0.3) is 0 Å². The van der Waals surface area contributed by atoms with Gasteiger partial charge in [0.1, 0.15) is 5.01 Å². The highest BCUT2D eigenvalue weighted by atomic mass is 32.1. The predicted octanol–water partition coefficient (Wildman–Crippen LogP) is 2.03. The van der Waals surface area contributed by atoms with Gasteiger partial charge in [0, 0.05) is 23.7 Å². The Morgan fingerprint density at radius 1 is 1.62 bits per heavy atom. The Balaban J connectivity index is 1.92. The van der Waals surface area contributed by atoms with Crippen molar-refractivity contribution in [2.24, 2.45) is 0 Å². The van der Waals surface area contributed by atoms with Crippen LogP contribution in [0.4, 0.5) is 0 Å². The normalized spacial score (nSPS) is 23.2. The van der Waals surface area contributed by atoms with Gasteiger partial charge >= 0.3 is 0 Å². The lowest BCUT2D eigenvalue weighted by atomic mass is 10.2. The molecular formula is C12H21N3S. The molecule has 2 rings (SSSR count). The summed E-state index contributed by atoms with van der Waals surface area (Å²) in [4.78, 5) is 8.30. The van der Waals surface area contributed by atoms with Crippen LogP contribution in [-0.4, -0.2) is 35.6 Å². The lowest BCUT2D eigenvalue weighted by Crippen LogP contribution is -2.36. The fourth-order valence-corrected chi connectivity index (χ4v) is 2.99. The van der Waals surface area contributed by atoms with Crippen LogP contribution in [0.15, 0.2) is 6.20 Å². The van der Waals surface area contributed by atoms with E-state index in [0.717, 1.165) is 19.6 Å². The van der Waals surface area contributed by atoms with Gasteiger partial charge in [0.2, 0.25) is 0 Å². The number of thiazole rings is 1. The molecule has 1 N–H and O–H groups in total. The SMILES string of the molecule is CCC1CN(Cc2ncc(C)s2)CCCN1. The van der Waals surface area contributed by atoms with Crippen LogP contribution in [0.25, 0.3) is 0 Å². The lowest BCUT2D eigenvalue weighted by Gasteiger charge is -2.22. The van der Waals surface area contributed by atoms with Gasteiger partial charge in [-0.2, -0.15) is 0 Å². The number of hydrogen-bond acceptors (Lipinski definition) is 4. The molecule has 0 saturated carbocycles. The summed E-state index contributed by atoms with van der Waals surface area (Å²) in [7, 11) is 0. The van der Waals surface area contributed by atoms with Crippen molar-refractivity contribution in [3.63, 3.8) is 0 Å². The van der Waals surface area contributed by atoms with E-state index in [9.17, 15) is 0 Å². The second kappa shape index (κ2) is 5.75. The van der Waals surface area contributed by atoms with E-state index in [0.29, 0.717) is 6.04 Å². The molecular weight excluding hydrogens is 218 g/mol. The highest BCUT2D eigenvalue weighted by Crippen LogP contribution is 2.15. The van der Waals surface area contributed by atoms with Crippen molar-refractivity contribution in [3.05, 3.63) is 16.1 Å². The standard InChI is InChI=1S/C12H21N3S/c1-3-11-8-15(6-4-5-13-11)9-12-14-7-10(2)16-12/h7,11,13H,3-6,8-9H2,1-2H3. The molecule has 0 bridgehead atoms. The highest BCUT2D eigenvalue weighted by molar-refractivity contribution is 7.11. The lowest BCUT2D eigenvalue weighted by molar-refractivity contribution is 0.257. The summed E-state index contributed by atoms with van der Waals surface area (Å²) in [5.41, 5.74) is 0. The molecule has 1 aromatic heterocycles. The number of nitrogens with one attached hydrogen (secondary N) is 1. The average Bonchev–Trinajstić information content (AvgIpc) is 2.55. The van der Waals surface area contributed by atoms with Crippen molar-refractivity contribution in [1.82, 2.24) is 15.2 Å². The molecule has 4 heteroatoms. The molecule has 1 unspecified atom stereocenters. The molecule has 1 saturated heterocycles. The van der Waals surface area contributed by atoms with Crippen LogP contribution in [0.2, 0.25) is 0 Å². The first kappa shape index (κ1) is 12.0. The van der Waals surface area contributed by atoms with Gasteiger partial charge in [-0.05, 0) is 32.9 Å². The van der Waals surface area contributed by atoms with Crippen molar-refractivity contribution < 1.29 is 0 Å². The van der Waals surface area contributed by atoms with Crippen molar-refractivity contribution in [3.8, 4) is 0 Å². The zero-order valence-corrected chi connectivity index (χ0v) is 11.0. The average molecular weight is 239 g/mol. The fraction of sp³-hybridized carbons (Fsp3) is 0.750. The van der Waals surface area contributed by atoms with Crippen molar-refractivity contribution in [2.45, 2.75) is 39.3 Å². The smallest absolute Gasteiger partial charge is 0.107 e. The van der Waals surface area contributed by atoms with Crippen LogP contribution >= 0.6 is 11.3 Å². The van der Waals surface area contributed by atoms with Gasteiger partial charge in [-0.3, -0.25) is 4.90 Å². The first-order chi connectivity index (χ1) is 7.78. The number of rotatable bonds is 3. The molecule has 3 nitrogen and oxygen atoms in total. The van der Waals surface area contributed by atoms with Crippen LogP contribution < -0.4 is 5.32 Å². The van der Waals surface area contributed by atoms with E-state index < -0.39 is 0 Å². The third kappa shape index (κ3) is 3.27. The van der Waals surface area contributed by atoms with E-state index in [1.807, 2.05) is 17.5 Å². The Kier molecular flexibility index (Phi) is 4.32. The van der Waals surface area contributed by atoms with E-state index in [2.05, 4.69) is 29.0 Å². The van der Waals surface area contributed by atoms with Gasteiger partial charge in [-0.15, -0.1) is 11.3 Å². The monoisotopic (exact) mass is 239 g/mol. The molecule has 1 atom stereocenters. The van der Waals surface area contributed by atoms with Crippen LogP contribution in [0.1, 0.15) is 29.7 Å². The molecule has 1 aliphatic rings. The van der Waals surface area contributed by atoms with Crippen molar-refractivity contribution in [2.75, 3.05) is 19.6 Å². The Hall–Kier alpha value is -0.450. The summed E-state index contributed by atoms with van der Waals surface area (Å²) >= 11 is 1.82. The van der Waals surface area contributed by atoms with Gasteiger partial charge in [0.15, 0.2) is 0 Å². The largest absolute Gasteiger partial charge is 0.313 e. The maximum absolute atomic E-state index is 4.45. The molecule has 1 aliphatic heterocycles. The second-order valence-electron chi connectivity index (χ2n) is 4.51. The Morgan fingerprint density at radius 2 is 2.50 bits per heavy atom. The fourth-order valence-electron chi connectivity index (χ4n) is 2.16. The minimum atomic E-state index is 0.656. The number of aromatic nitrogens is 1. The zero-order valence-electron chi connectivity index (χ0n) is 10.2. The summed E-state index contributed by atoms with van der Waals surface area (Å²) in [6, 6.07) is 0.656. The van der Waals surface area contributed by atoms with Gasteiger partial charge in [0.05, 0.1) is 6.54 Å². The molecule has 16 heavy (non-hydrogen) atoms. The van der Waals surface area contributed by atoms with Crippen LogP contribution in [-0.2, 0) is 6.54 Å². The first-order valence-corrected chi connectivity index (χ1v) is 6.96. The summed E-state index contributed by atoms with van der Waals surface area (Å²) in [5, 5.41) is 4.85. The number of aryl methyl sites for hydroxylation is 1. The quantitative estimate of drug-likeness (QED) is 0.875. The minimum absolute atomic E-state index is 0.656. The topological polar surface area (TPSA) is 28.2 Å². The van der Waals surface area contributed by atoms with Crippen LogP contribution in [0, 0.1) is 6.92 Å². The van der Waals surface area contributed by atoms with E-state index >= 15 is 0 Å². The van der Waals surface area contributed by atoms with Crippen LogP contribution in [0.3, 0.4) is 0 Å². The van der Waals surface area contributed by atoms with Gasteiger partial charge < -0.3 is 5.32 Å². The van der Waals surface area contributed by atoms with Crippen molar-refractivity contribution in [1.29, 1.82) is 0 Å². The summed E-state index contributed by atoms with van der Waals surface area (Å²) in [5.74, 6) is 0. The summed E-state index contributed by atoms with van der Waals surface area (Å²) in [6.45, 7) is 8.93. The molecule has 1 fully saturated rings. The highest BCUT2D eigenvalue weighted by Gasteiger charge is 2.16. The Morgan fingerprint density at radius 3 is 3.19 bits per heavy atom. The zero-order chi connectivity index (χ0) is 11.4. The maximum Gasteiger partial charge on any atom is 0.107 e. The third-order valence-corrected chi connectivity index (χ3v) is 3.98. The molecule has 0 spiro atoms. The summed E-state index contributed by atoms with van der Waals surface area (Å²) in [6.07, 6.45) is 4.45. The van der Waals surface area contributed by atoms with Crippen molar-refractivity contribution >= 4 is 11.3 Å². The predicted molar refractivity (Wildman–Crippen MR) is 68.8 cm³/mol. The van der Waals surface area contributed by atoms with E-state index in [1.54, 1.807) is 0 Å². The Bertz CT molecular complexity index is 324. The van der Waals surface area contributed by atoms with E-state index in [-0.39, 0.29) is 0 Å². The van der Waals surface area contributed by atoms with E-state index in [4.69, 9.17) is 0 Å². The minimum Gasteiger partial charge on any atom is -0.313 e. The third-order valence-electron chi connectivity index (χ3n) is 3.08. The second-order valence-corrected chi connectivity index (χ2v) is 5.83. The first-order valence-electron chi connectivity index (χ1n) is 6.15. The number of nitrogens with zero attached hydrogens (tertiary/aromatic N) is 2. The number of hydrogen-bond donors (Lipinski definition) is 1. The molecule has 90 valence electrons. The van der Waals surface area contributed by atoms with Crippen LogP contribution in [0.5, 0.6) is 0 Å². The van der Waals surface area contributed by atoms with E-state index in [1.165, 1.54) is 29.3 Å². The molecule has 0 aromatic carbocycles. The molecule has 0 aliphatic carbocycles. The molecule has 1 aromatic rings. The molecule has 2 heterocycles. The Labute approximate surface area is 102 Å². The summed E-state index contributed by atoms with van der Waals surface area (Å²) < 4.78 is 0. The van der Waals surface area contributed by atoms with Gasteiger partial charge in [-0.25, -0.2) is 4.98 Å². The van der Waals surface area contributed by atoms with Gasteiger partial charge in [-0.1, -0.05) is 6.92 Å². The maximum atomic E-state index is 4.45.